The van der Waals surface area contributed by atoms with Crippen molar-refractivity contribution in [2.75, 3.05) is 0 Å². The van der Waals surface area contributed by atoms with Crippen LogP contribution in [0.3, 0.4) is 0 Å². The normalized spacial score (nSPS) is 32.7. The van der Waals surface area contributed by atoms with Crippen LogP contribution in [0, 0.1) is 5.41 Å². The summed E-state index contributed by atoms with van der Waals surface area (Å²) in [5.41, 5.74) is -3.64. The lowest BCUT2D eigenvalue weighted by Crippen LogP contribution is -2.64. The lowest BCUT2D eigenvalue weighted by atomic mass is 9.23. The Balaban J connectivity index is 1.50. The second-order valence-corrected chi connectivity index (χ2v) is 10.1. The summed E-state index contributed by atoms with van der Waals surface area (Å²) >= 11 is 0. The number of alkyl halides is 6. The first kappa shape index (κ1) is 21.0. The summed E-state index contributed by atoms with van der Waals surface area (Å²) in [7, 11) is -0.387. The molecule has 5 rings (SSSR count). The van der Waals surface area contributed by atoms with Crippen molar-refractivity contribution in [3.63, 3.8) is 0 Å². The molecule has 2 bridgehead atoms. The van der Waals surface area contributed by atoms with Gasteiger partial charge in [-0.3, -0.25) is 0 Å². The van der Waals surface area contributed by atoms with Gasteiger partial charge in [-0.1, -0.05) is 0 Å². The van der Waals surface area contributed by atoms with Crippen molar-refractivity contribution in [1.29, 1.82) is 0 Å². The highest BCUT2D eigenvalue weighted by molar-refractivity contribution is 6.51. The van der Waals surface area contributed by atoms with Crippen LogP contribution in [-0.4, -0.2) is 18.3 Å². The van der Waals surface area contributed by atoms with Crippen LogP contribution in [0.4, 0.5) is 26.3 Å². The lowest BCUT2D eigenvalue weighted by molar-refractivity contribution is -0.143. The first-order valence-corrected chi connectivity index (χ1v) is 9.61. The van der Waals surface area contributed by atoms with E-state index in [0.29, 0.717) is 19.3 Å². The van der Waals surface area contributed by atoms with Gasteiger partial charge in [-0.25, -0.2) is 0 Å². The highest BCUT2D eigenvalue weighted by Crippen LogP contribution is 2.81. The van der Waals surface area contributed by atoms with Crippen molar-refractivity contribution < 1.29 is 35.7 Å². The van der Waals surface area contributed by atoms with Gasteiger partial charge in [0, 0.05) is 5.31 Å². The minimum atomic E-state index is -4.82. The van der Waals surface area contributed by atoms with Gasteiger partial charge in [0.2, 0.25) is 0 Å². The SMILES string of the molecule is CC1(C)OB(C23CC(Cc4cc(C(F)(F)F)cc(C(F)(F)F)c4)(C2)C3)OC1(C)C. The van der Waals surface area contributed by atoms with Crippen LogP contribution in [0.2, 0.25) is 5.31 Å². The molecule has 1 heterocycles. The third kappa shape index (κ3) is 3.28. The molecule has 4 fully saturated rings. The van der Waals surface area contributed by atoms with Gasteiger partial charge in [0.05, 0.1) is 22.3 Å². The standard InChI is InChI=1S/C20H23BF6O2/c1-15(2)16(3,4)29-21(28-15)18-9-17(10-18,11-18)8-12-5-13(19(22,23)24)7-14(6-12)20(25,26)27/h5-7H,8-11H2,1-4H3. The summed E-state index contributed by atoms with van der Waals surface area (Å²) in [6, 6.07) is 1.87. The van der Waals surface area contributed by atoms with Crippen molar-refractivity contribution in [2.24, 2.45) is 5.41 Å². The van der Waals surface area contributed by atoms with Crippen molar-refractivity contribution in [2.45, 2.75) is 82.2 Å². The van der Waals surface area contributed by atoms with Crippen LogP contribution >= 0.6 is 0 Å². The molecular formula is C20H23BF6O2. The number of rotatable bonds is 3. The zero-order chi connectivity index (χ0) is 21.7. The molecule has 0 radical (unpaired) electrons. The van der Waals surface area contributed by atoms with Crippen molar-refractivity contribution >= 4 is 7.12 Å². The Morgan fingerprint density at radius 1 is 0.793 bits per heavy atom. The Hall–Kier alpha value is -1.22. The molecule has 1 aromatic rings. The molecule has 0 N–H and O–H groups in total. The molecule has 1 aliphatic heterocycles. The average Bonchev–Trinajstić information content (AvgIpc) is 2.67. The Morgan fingerprint density at radius 3 is 1.59 bits per heavy atom. The number of benzene rings is 1. The zero-order valence-corrected chi connectivity index (χ0v) is 16.7. The molecule has 2 nitrogen and oxygen atoms in total. The summed E-state index contributed by atoms with van der Waals surface area (Å²) in [4.78, 5) is 0. The van der Waals surface area contributed by atoms with Gasteiger partial charge in [0.1, 0.15) is 0 Å². The van der Waals surface area contributed by atoms with Crippen LogP contribution in [0.25, 0.3) is 0 Å². The van der Waals surface area contributed by atoms with Gasteiger partial charge < -0.3 is 9.31 Å². The fourth-order valence-electron chi connectivity index (χ4n) is 5.17. The Labute approximate surface area is 166 Å². The molecular weight excluding hydrogens is 397 g/mol. The van der Waals surface area contributed by atoms with E-state index >= 15 is 0 Å². The predicted molar refractivity (Wildman–Crippen MR) is 95.2 cm³/mol. The van der Waals surface area contributed by atoms with Gasteiger partial charge in [0.15, 0.2) is 0 Å². The smallest absolute Gasteiger partial charge is 0.403 e. The highest BCUT2D eigenvalue weighted by atomic mass is 19.4. The number of hydrogen-bond donors (Lipinski definition) is 0. The average molecular weight is 420 g/mol. The zero-order valence-electron chi connectivity index (χ0n) is 16.7. The van der Waals surface area contributed by atoms with E-state index in [1.165, 1.54) is 0 Å². The monoisotopic (exact) mass is 420 g/mol. The van der Waals surface area contributed by atoms with Gasteiger partial charge in [0.25, 0.3) is 0 Å². The molecule has 0 unspecified atom stereocenters. The molecule has 4 aliphatic rings. The minimum Gasteiger partial charge on any atom is -0.403 e. The summed E-state index contributed by atoms with van der Waals surface area (Å²) in [6.45, 7) is 7.82. The molecule has 0 aromatic heterocycles. The fourth-order valence-corrected chi connectivity index (χ4v) is 5.17. The van der Waals surface area contributed by atoms with E-state index in [1.54, 1.807) is 0 Å². The van der Waals surface area contributed by atoms with Crippen molar-refractivity contribution in [3.05, 3.63) is 34.9 Å². The maximum absolute atomic E-state index is 13.1. The summed E-state index contributed by atoms with van der Waals surface area (Å²) in [5, 5.41) is -0.181. The maximum Gasteiger partial charge on any atom is 0.464 e. The topological polar surface area (TPSA) is 18.5 Å². The van der Waals surface area contributed by atoms with Gasteiger partial charge in [-0.05, 0) is 82.6 Å². The van der Waals surface area contributed by atoms with Gasteiger partial charge in [-0.2, -0.15) is 26.3 Å². The molecule has 0 amide bonds. The molecule has 1 aromatic carbocycles. The largest absolute Gasteiger partial charge is 0.464 e. The quantitative estimate of drug-likeness (QED) is 0.423. The molecule has 29 heavy (non-hydrogen) atoms. The van der Waals surface area contributed by atoms with E-state index < -0.39 is 34.7 Å². The highest BCUT2D eigenvalue weighted by Gasteiger charge is 2.76. The second kappa shape index (κ2) is 5.72. The minimum absolute atomic E-state index is 0.0781. The Kier molecular flexibility index (Phi) is 4.15. The molecule has 3 saturated carbocycles. The first-order chi connectivity index (χ1) is 13.0. The summed E-state index contributed by atoms with van der Waals surface area (Å²) in [6.07, 6.45) is -7.38. The molecule has 0 spiro atoms. The molecule has 1 saturated heterocycles. The van der Waals surface area contributed by atoms with Crippen LogP contribution in [0.1, 0.15) is 63.6 Å². The molecule has 3 aliphatic carbocycles. The van der Waals surface area contributed by atoms with Gasteiger partial charge in [-0.15, -0.1) is 0 Å². The summed E-state index contributed by atoms with van der Waals surface area (Å²) in [5.74, 6) is 0. The second-order valence-electron chi connectivity index (χ2n) is 10.1. The van der Waals surface area contributed by atoms with E-state index in [-0.39, 0.29) is 35.9 Å². The van der Waals surface area contributed by atoms with Crippen LogP contribution in [0.5, 0.6) is 0 Å². The molecule has 160 valence electrons. The van der Waals surface area contributed by atoms with E-state index in [2.05, 4.69) is 0 Å². The third-order valence-corrected chi connectivity index (χ3v) is 7.16. The van der Waals surface area contributed by atoms with E-state index in [0.717, 1.165) is 12.1 Å². The third-order valence-electron chi connectivity index (χ3n) is 7.16. The Bertz CT molecular complexity index is 774. The number of hydrogen-bond acceptors (Lipinski definition) is 2. The Morgan fingerprint density at radius 2 is 1.21 bits per heavy atom. The summed E-state index contributed by atoms with van der Waals surface area (Å²) < 4.78 is 90.7. The maximum atomic E-state index is 13.1. The van der Waals surface area contributed by atoms with Crippen molar-refractivity contribution in [1.82, 2.24) is 0 Å². The van der Waals surface area contributed by atoms with E-state index in [4.69, 9.17) is 9.31 Å². The molecule has 9 heteroatoms. The predicted octanol–water partition coefficient (Wildman–Crippen LogP) is 6.28. The number of halogens is 6. The van der Waals surface area contributed by atoms with E-state index in [1.807, 2.05) is 27.7 Å². The van der Waals surface area contributed by atoms with E-state index in [9.17, 15) is 26.3 Å². The fraction of sp³-hybridized carbons (Fsp3) is 0.700. The lowest BCUT2D eigenvalue weighted by Gasteiger charge is -2.71. The van der Waals surface area contributed by atoms with Crippen LogP contribution < -0.4 is 0 Å². The van der Waals surface area contributed by atoms with Gasteiger partial charge >= 0.3 is 19.5 Å². The van der Waals surface area contributed by atoms with Crippen LogP contribution in [0.15, 0.2) is 18.2 Å². The van der Waals surface area contributed by atoms with Crippen LogP contribution in [-0.2, 0) is 28.1 Å². The van der Waals surface area contributed by atoms with Crippen molar-refractivity contribution in [3.8, 4) is 0 Å². The molecule has 0 atom stereocenters. The first-order valence-electron chi connectivity index (χ1n) is 9.61.